The Bertz CT molecular complexity index is 63.3. The van der Waals surface area contributed by atoms with Crippen LogP contribution in [-0.2, 0) is 14.3 Å². The van der Waals surface area contributed by atoms with Crippen LogP contribution in [0.5, 0.6) is 0 Å². The van der Waals surface area contributed by atoms with Crippen molar-refractivity contribution < 1.29 is 14.3 Å². The molecule has 0 N–H and O–H groups in total. The van der Waals surface area contributed by atoms with E-state index in [0.717, 1.165) is 13.0 Å². The van der Waals surface area contributed by atoms with Crippen LogP contribution in [0.25, 0.3) is 0 Å². The van der Waals surface area contributed by atoms with Crippen LogP contribution in [0.4, 0.5) is 0 Å². The molecule has 3 nitrogen and oxygen atoms in total. The normalized spacial score (nSPS) is 9.00. The Morgan fingerprint density at radius 3 is 2.67 bits per heavy atom. The standard InChI is InChI=1S/C6H11O3/c1-2-3-8-4-5-9-6-7/h2-5H2,1H3. The molecule has 0 fully saturated rings. The highest BCUT2D eigenvalue weighted by atomic mass is 16.5. The molecular formula is C6H11O3. The summed E-state index contributed by atoms with van der Waals surface area (Å²) >= 11 is 0. The Morgan fingerprint density at radius 2 is 2.11 bits per heavy atom. The Hall–Kier alpha value is -0.570. The highest BCUT2D eigenvalue weighted by Gasteiger charge is 1.84. The molecule has 0 spiro atoms. The van der Waals surface area contributed by atoms with Gasteiger partial charge in [0.25, 0.3) is 0 Å². The minimum absolute atomic E-state index is 0.309. The van der Waals surface area contributed by atoms with Crippen LogP contribution in [0.1, 0.15) is 13.3 Å². The topological polar surface area (TPSA) is 35.5 Å². The van der Waals surface area contributed by atoms with Crippen molar-refractivity contribution in [2.24, 2.45) is 0 Å². The lowest BCUT2D eigenvalue weighted by Crippen LogP contribution is -2.03. The second-order valence-corrected chi connectivity index (χ2v) is 1.54. The lowest BCUT2D eigenvalue weighted by Gasteiger charge is -1.98. The van der Waals surface area contributed by atoms with Gasteiger partial charge in [0.05, 0.1) is 6.61 Å². The third kappa shape index (κ3) is 7.43. The molecule has 0 atom stereocenters. The molecule has 1 radical (unpaired) electrons. The summed E-state index contributed by atoms with van der Waals surface area (Å²) < 4.78 is 9.23. The first-order valence-corrected chi connectivity index (χ1v) is 2.98. The maximum Gasteiger partial charge on any atom is 0.417 e. The number of hydrogen-bond acceptors (Lipinski definition) is 3. The minimum Gasteiger partial charge on any atom is -0.455 e. The summed E-state index contributed by atoms with van der Waals surface area (Å²) in [5, 5.41) is 0. The van der Waals surface area contributed by atoms with Crippen molar-refractivity contribution in [1.82, 2.24) is 0 Å². The van der Waals surface area contributed by atoms with Crippen molar-refractivity contribution >= 4 is 6.47 Å². The van der Waals surface area contributed by atoms with Crippen LogP contribution in [0.15, 0.2) is 0 Å². The summed E-state index contributed by atoms with van der Waals surface area (Å²) in [6.07, 6.45) is 0.991. The molecule has 0 aromatic rings. The fraction of sp³-hybridized carbons (Fsp3) is 0.833. The predicted molar refractivity (Wildman–Crippen MR) is 32.8 cm³/mol. The smallest absolute Gasteiger partial charge is 0.417 e. The molecule has 0 unspecified atom stereocenters. The first kappa shape index (κ1) is 8.43. The van der Waals surface area contributed by atoms with E-state index in [4.69, 9.17) is 4.74 Å². The predicted octanol–water partition coefficient (Wildman–Crippen LogP) is 0.497. The summed E-state index contributed by atoms with van der Waals surface area (Å²) in [5.41, 5.74) is 0. The van der Waals surface area contributed by atoms with Crippen LogP contribution in [0.3, 0.4) is 0 Å². The van der Waals surface area contributed by atoms with Gasteiger partial charge in [-0.05, 0) is 6.42 Å². The van der Waals surface area contributed by atoms with Gasteiger partial charge in [-0.25, -0.2) is 4.79 Å². The van der Waals surface area contributed by atoms with Crippen molar-refractivity contribution in [3.63, 3.8) is 0 Å². The summed E-state index contributed by atoms with van der Waals surface area (Å²) in [6, 6.07) is 0. The Balaban J connectivity index is 2.66. The molecular weight excluding hydrogens is 120 g/mol. The van der Waals surface area contributed by atoms with Gasteiger partial charge in [0.15, 0.2) is 0 Å². The van der Waals surface area contributed by atoms with E-state index >= 15 is 0 Å². The molecule has 0 saturated heterocycles. The van der Waals surface area contributed by atoms with Crippen molar-refractivity contribution in [3.05, 3.63) is 0 Å². The summed E-state index contributed by atoms with van der Waals surface area (Å²) in [5.74, 6) is 0. The van der Waals surface area contributed by atoms with Gasteiger partial charge < -0.3 is 9.47 Å². The van der Waals surface area contributed by atoms with Crippen LogP contribution in [0.2, 0.25) is 0 Å². The zero-order chi connectivity index (χ0) is 6.95. The van der Waals surface area contributed by atoms with Crippen LogP contribution in [-0.4, -0.2) is 26.3 Å². The molecule has 3 heteroatoms. The van der Waals surface area contributed by atoms with Crippen molar-refractivity contribution in [2.75, 3.05) is 19.8 Å². The highest BCUT2D eigenvalue weighted by Crippen LogP contribution is 1.79. The van der Waals surface area contributed by atoms with E-state index in [2.05, 4.69) is 4.74 Å². The van der Waals surface area contributed by atoms with Gasteiger partial charge in [0.2, 0.25) is 0 Å². The second kappa shape index (κ2) is 7.43. The number of rotatable bonds is 6. The van der Waals surface area contributed by atoms with Gasteiger partial charge in [0, 0.05) is 6.61 Å². The number of ether oxygens (including phenoxy) is 2. The van der Waals surface area contributed by atoms with Crippen LogP contribution >= 0.6 is 0 Å². The van der Waals surface area contributed by atoms with Crippen molar-refractivity contribution in [2.45, 2.75) is 13.3 Å². The molecule has 0 aliphatic rings. The van der Waals surface area contributed by atoms with E-state index in [9.17, 15) is 4.79 Å². The third-order valence-corrected chi connectivity index (χ3v) is 0.737. The molecule has 0 heterocycles. The maximum absolute atomic E-state index is 9.43. The summed E-state index contributed by atoms with van der Waals surface area (Å²) in [7, 11) is 0. The Labute approximate surface area is 55.0 Å². The molecule has 0 aromatic heterocycles. The van der Waals surface area contributed by atoms with E-state index in [-0.39, 0.29) is 0 Å². The van der Waals surface area contributed by atoms with Crippen molar-refractivity contribution in [1.29, 1.82) is 0 Å². The van der Waals surface area contributed by atoms with Gasteiger partial charge >= 0.3 is 6.47 Å². The van der Waals surface area contributed by atoms with E-state index < -0.39 is 0 Å². The lowest BCUT2D eigenvalue weighted by molar-refractivity contribution is 0.0951. The fourth-order valence-corrected chi connectivity index (χ4v) is 0.389. The van der Waals surface area contributed by atoms with Crippen LogP contribution < -0.4 is 0 Å². The molecule has 9 heavy (non-hydrogen) atoms. The molecule has 0 aliphatic heterocycles. The van der Waals surface area contributed by atoms with Gasteiger partial charge in [-0.2, -0.15) is 0 Å². The molecule has 0 amide bonds. The molecule has 53 valence electrons. The number of hydrogen-bond donors (Lipinski definition) is 0. The van der Waals surface area contributed by atoms with E-state index in [1.165, 1.54) is 6.47 Å². The molecule has 0 rings (SSSR count). The largest absolute Gasteiger partial charge is 0.455 e. The molecule has 0 bridgehead atoms. The Kier molecular flexibility index (Phi) is 6.96. The third-order valence-electron chi connectivity index (χ3n) is 0.737. The quantitative estimate of drug-likeness (QED) is 0.492. The Morgan fingerprint density at radius 1 is 1.33 bits per heavy atom. The van der Waals surface area contributed by atoms with Gasteiger partial charge in [-0.15, -0.1) is 0 Å². The zero-order valence-corrected chi connectivity index (χ0v) is 5.55. The molecule has 0 aromatic carbocycles. The number of carbonyl (C=O) groups excluding carboxylic acids is 1. The van der Waals surface area contributed by atoms with Crippen molar-refractivity contribution in [3.8, 4) is 0 Å². The monoisotopic (exact) mass is 131 g/mol. The SMILES string of the molecule is CCCOCCO[C]=O. The zero-order valence-electron chi connectivity index (χ0n) is 5.55. The van der Waals surface area contributed by atoms with Gasteiger partial charge in [-0.3, -0.25) is 0 Å². The highest BCUT2D eigenvalue weighted by molar-refractivity contribution is 5.37. The maximum atomic E-state index is 9.43. The van der Waals surface area contributed by atoms with Gasteiger partial charge in [-0.1, -0.05) is 6.92 Å². The summed E-state index contributed by atoms with van der Waals surface area (Å²) in [4.78, 5) is 9.43. The fourth-order valence-electron chi connectivity index (χ4n) is 0.389. The van der Waals surface area contributed by atoms with E-state index in [1.807, 2.05) is 6.92 Å². The van der Waals surface area contributed by atoms with E-state index in [0.29, 0.717) is 13.2 Å². The van der Waals surface area contributed by atoms with E-state index in [1.54, 1.807) is 0 Å². The minimum atomic E-state index is 0.309. The van der Waals surface area contributed by atoms with Crippen LogP contribution in [0, 0.1) is 0 Å². The first-order chi connectivity index (χ1) is 4.41. The second-order valence-electron chi connectivity index (χ2n) is 1.54. The van der Waals surface area contributed by atoms with Gasteiger partial charge in [0.1, 0.15) is 6.61 Å². The lowest BCUT2D eigenvalue weighted by atomic mass is 10.5. The average Bonchev–Trinajstić information content (AvgIpc) is 1.89. The summed E-state index contributed by atoms with van der Waals surface area (Å²) in [6.45, 7) is 4.84. The molecule has 0 aliphatic carbocycles. The first-order valence-electron chi connectivity index (χ1n) is 2.98. The molecule has 0 saturated carbocycles. The average molecular weight is 131 g/mol.